The lowest BCUT2D eigenvalue weighted by molar-refractivity contribution is 0.0699. The van der Waals surface area contributed by atoms with E-state index in [1.807, 2.05) is 0 Å². The average molecular weight is 511 g/mol. The van der Waals surface area contributed by atoms with E-state index in [0.717, 1.165) is 4.90 Å². The van der Waals surface area contributed by atoms with Crippen LogP contribution < -0.4 is 15.0 Å². The molecule has 4 aromatic rings. The van der Waals surface area contributed by atoms with Crippen molar-refractivity contribution in [2.45, 2.75) is 5.72 Å². The SMILES string of the molecule is COCCNC(=O)Oc1nc2ccc(C3(O)c4ccccc4C(=O)N3c3cccc(Cl)c3F)cc2[nH]1. The number of fused-ring (bicyclic) bond motifs is 2. The number of imidazole rings is 1. The van der Waals surface area contributed by atoms with Crippen LogP contribution in [0.3, 0.4) is 0 Å². The summed E-state index contributed by atoms with van der Waals surface area (Å²) in [6, 6.07) is 15.4. The summed E-state index contributed by atoms with van der Waals surface area (Å²) < 4.78 is 25.1. The highest BCUT2D eigenvalue weighted by atomic mass is 35.5. The minimum atomic E-state index is -2.06. The Morgan fingerprint density at radius 2 is 2.03 bits per heavy atom. The number of H-pyrrole nitrogens is 1. The molecular formula is C25H20ClFN4O5. The zero-order valence-corrected chi connectivity index (χ0v) is 19.7. The molecule has 0 radical (unpaired) electrons. The van der Waals surface area contributed by atoms with E-state index in [-0.39, 0.29) is 40.0 Å². The van der Waals surface area contributed by atoms with Crippen molar-refractivity contribution < 1.29 is 28.6 Å². The Morgan fingerprint density at radius 3 is 2.83 bits per heavy atom. The summed E-state index contributed by atoms with van der Waals surface area (Å²) in [5, 5.41) is 14.4. The summed E-state index contributed by atoms with van der Waals surface area (Å²) in [5.74, 6) is -1.42. The van der Waals surface area contributed by atoms with Crippen LogP contribution in [0.15, 0.2) is 60.7 Å². The Morgan fingerprint density at radius 1 is 1.22 bits per heavy atom. The van der Waals surface area contributed by atoms with E-state index in [0.29, 0.717) is 17.6 Å². The number of benzene rings is 3. The van der Waals surface area contributed by atoms with Crippen LogP contribution in [0.5, 0.6) is 6.01 Å². The van der Waals surface area contributed by atoms with Crippen molar-refractivity contribution in [2.75, 3.05) is 25.2 Å². The van der Waals surface area contributed by atoms with Gasteiger partial charge in [-0.25, -0.2) is 9.18 Å². The van der Waals surface area contributed by atoms with Crippen molar-refractivity contribution in [1.82, 2.24) is 15.3 Å². The summed E-state index contributed by atoms with van der Waals surface area (Å²) in [6.45, 7) is 0.581. The van der Waals surface area contributed by atoms with Crippen LogP contribution in [0.25, 0.3) is 11.0 Å². The number of carbonyl (C=O) groups is 2. The summed E-state index contributed by atoms with van der Waals surface area (Å²) in [5.41, 5.74) is -0.607. The highest BCUT2D eigenvalue weighted by Crippen LogP contribution is 2.46. The van der Waals surface area contributed by atoms with Crippen molar-refractivity contribution in [3.8, 4) is 6.01 Å². The molecule has 0 saturated heterocycles. The number of nitrogens with zero attached hydrogens (tertiary/aromatic N) is 2. The Hall–Kier alpha value is -3.99. The van der Waals surface area contributed by atoms with Gasteiger partial charge >= 0.3 is 12.1 Å². The van der Waals surface area contributed by atoms with Crippen molar-refractivity contribution in [2.24, 2.45) is 0 Å². The molecule has 9 nitrogen and oxygen atoms in total. The third-order valence-electron chi connectivity index (χ3n) is 5.86. The summed E-state index contributed by atoms with van der Waals surface area (Å²) in [7, 11) is 1.51. The van der Waals surface area contributed by atoms with Gasteiger partial charge in [-0.1, -0.05) is 41.9 Å². The smallest absolute Gasteiger partial charge is 0.383 e. The Labute approximate surface area is 209 Å². The van der Waals surface area contributed by atoms with Gasteiger partial charge in [-0.2, -0.15) is 4.98 Å². The summed E-state index contributed by atoms with van der Waals surface area (Å²) in [4.78, 5) is 33.4. The van der Waals surface area contributed by atoms with Crippen LogP contribution >= 0.6 is 11.6 Å². The van der Waals surface area contributed by atoms with Crippen LogP contribution in [0.1, 0.15) is 21.5 Å². The van der Waals surface area contributed by atoms with Crippen molar-refractivity contribution in [1.29, 1.82) is 0 Å². The molecule has 1 atom stereocenters. The van der Waals surface area contributed by atoms with Gasteiger partial charge in [0.2, 0.25) is 0 Å². The molecule has 2 heterocycles. The number of aromatic amines is 1. The average Bonchev–Trinajstić information content (AvgIpc) is 3.37. The Balaban J connectivity index is 1.58. The maximum atomic E-state index is 15.1. The monoisotopic (exact) mass is 510 g/mol. The number of methoxy groups -OCH3 is 1. The van der Waals surface area contributed by atoms with Gasteiger partial charge in [0.25, 0.3) is 5.91 Å². The predicted octanol–water partition coefficient (Wildman–Crippen LogP) is 3.94. The number of rotatable bonds is 6. The Kier molecular flexibility index (Phi) is 6.09. The molecular weight excluding hydrogens is 491 g/mol. The summed E-state index contributed by atoms with van der Waals surface area (Å²) >= 11 is 5.99. The number of aliphatic hydroxyl groups is 1. The lowest BCUT2D eigenvalue weighted by Crippen LogP contribution is -2.45. The van der Waals surface area contributed by atoms with Gasteiger partial charge in [0.05, 0.1) is 28.4 Å². The molecule has 1 aromatic heterocycles. The van der Waals surface area contributed by atoms with Gasteiger partial charge < -0.3 is 24.9 Å². The first-order valence-electron chi connectivity index (χ1n) is 10.9. The van der Waals surface area contributed by atoms with Crippen LogP contribution in [-0.4, -0.2) is 47.3 Å². The molecule has 1 aliphatic heterocycles. The van der Waals surface area contributed by atoms with E-state index in [1.54, 1.807) is 42.5 Å². The highest BCUT2D eigenvalue weighted by molar-refractivity contribution is 6.31. The van der Waals surface area contributed by atoms with E-state index in [4.69, 9.17) is 21.1 Å². The van der Waals surface area contributed by atoms with Crippen LogP contribution in [0, 0.1) is 5.82 Å². The number of halogens is 2. The minimum absolute atomic E-state index is 0.0651. The largest absolute Gasteiger partial charge is 0.415 e. The fraction of sp³-hybridized carbons (Fsp3) is 0.160. The first-order valence-corrected chi connectivity index (χ1v) is 11.3. The number of anilines is 1. The molecule has 1 aliphatic rings. The highest BCUT2D eigenvalue weighted by Gasteiger charge is 2.51. The lowest BCUT2D eigenvalue weighted by atomic mass is 9.93. The number of hydrogen-bond donors (Lipinski definition) is 3. The minimum Gasteiger partial charge on any atom is -0.383 e. The molecule has 36 heavy (non-hydrogen) atoms. The molecule has 3 aromatic carbocycles. The molecule has 0 saturated carbocycles. The molecule has 0 bridgehead atoms. The van der Waals surface area contributed by atoms with Crippen molar-refractivity contribution in [3.05, 3.63) is 88.2 Å². The number of nitrogens with one attached hydrogen (secondary N) is 2. The molecule has 3 N–H and O–H groups in total. The van der Waals surface area contributed by atoms with Gasteiger partial charge in [-0.05, 0) is 30.3 Å². The topological polar surface area (TPSA) is 117 Å². The zero-order valence-electron chi connectivity index (χ0n) is 18.9. The second-order valence-electron chi connectivity index (χ2n) is 8.01. The van der Waals surface area contributed by atoms with Crippen LogP contribution in [0.2, 0.25) is 5.02 Å². The van der Waals surface area contributed by atoms with E-state index in [9.17, 15) is 14.7 Å². The molecule has 1 unspecified atom stereocenters. The van der Waals surface area contributed by atoms with Crippen LogP contribution in [-0.2, 0) is 10.5 Å². The number of hydrogen-bond acceptors (Lipinski definition) is 6. The summed E-state index contributed by atoms with van der Waals surface area (Å²) in [6.07, 6.45) is -0.720. The van der Waals surface area contributed by atoms with Crippen molar-refractivity contribution >= 4 is 40.3 Å². The fourth-order valence-electron chi connectivity index (χ4n) is 4.23. The van der Waals surface area contributed by atoms with Crippen molar-refractivity contribution in [3.63, 3.8) is 0 Å². The van der Waals surface area contributed by atoms with Gasteiger partial charge in [-0.3, -0.25) is 9.69 Å². The molecule has 0 aliphatic carbocycles. The fourth-order valence-corrected chi connectivity index (χ4v) is 4.39. The van der Waals surface area contributed by atoms with E-state index in [1.165, 1.54) is 25.3 Å². The molecule has 0 spiro atoms. The number of amides is 2. The standard InChI is InChI=1S/C25H20ClFN4O5/c1-35-12-11-28-24(33)36-23-29-18-10-9-14(13-19(18)30-23)25(34)16-6-3-2-5-15(16)22(32)31(25)20-8-4-7-17(26)21(20)27/h2-10,13,34H,11-12H2,1H3,(H,28,33)(H,29,30). The van der Waals surface area contributed by atoms with E-state index >= 15 is 4.39 Å². The number of aromatic nitrogens is 2. The predicted molar refractivity (Wildman–Crippen MR) is 130 cm³/mol. The third-order valence-corrected chi connectivity index (χ3v) is 6.15. The quantitative estimate of drug-likeness (QED) is 0.338. The lowest BCUT2D eigenvalue weighted by Gasteiger charge is -2.35. The van der Waals surface area contributed by atoms with Gasteiger partial charge in [0.15, 0.2) is 11.5 Å². The molecule has 11 heteroatoms. The number of carbonyl (C=O) groups excluding carboxylic acids is 2. The van der Waals surface area contributed by atoms with Gasteiger partial charge in [0, 0.05) is 30.3 Å². The maximum Gasteiger partial charge on any atom is 0.415 e. The first-order chi connectivity index (χ1) is 17.3. The third kappa shape index (κ3) is 3.85. The van der Waals surface area contributed by atoms with E-state index in [2.05, 4.69) is 15.3 Å². The zero-order chi connectivity index (χ0) is 25.4. The molecule has 184 valence electrons. The van der Waals surface area contributed by atoms with Gasteiger partial charge in [0.1, 0.15) is 0 Å². The molecule has 2 amide bonds. The van der Waals surface area contributed by atoms with E-state index < -0.39 is 23.5 Å². The van der Waals surface area contributed by atoms with Gasteiger partial charge in [-0.15, -0.1) is 0 Å². The van der Waals surface area contributed by atoms with Crippen LogP contribution in [0.4, 0.5) is 14.9 Å². The normalized spacial score (nSPS) is 16.9. The molecule has 5 rings (SSSR count). The Bertz CT molecular complexity index is 1490. The first kappa shape index (κ1) is 23.7. The molecule has 0 fully saturated rings. The second kappa shape index (κ2) is 9.23. The number of ether oxygens (including phenoxy) is 2. The second-order valence-corrected chi connectivity index (χ2v) is 8.42. The maximum absolute atomic E-state index is 15.1.